The molecule has 1 aliphatic heterocycles. The Morgan fingerprint density at radius 1 is 1.17 bits per heavy atom. The van der Waals surface area contributed by atoms with Gasteiger partial charge in [-0.3, -0.25) is 4.90 Å². The van der Waals surface area contributed by atoms with Gasteiger partial charge in [0, 0.05) is 44.5 Å². The Kier molecular flexibility index (Phi) is 4.44. The number of piperazine rings is 1. The molecule has 18 heavy (non-hydrogen) atoms. The Hall–Kier alpha value is -1.26. The van der Waals surface area contributed by atoms with Gasteiger partial charge in [-0.05, 0) is 31.2 Å². The summed E-state index contributed by atoms with van der Waals surface area (Å²) in [6.07, 6.45) is 0. The zero-order chi connectivity index (χ0) is 13.0. The number of methoxy groups -OCH3 is 1. The van der Waals surface area contributed by atoms with Gasteiger partial charge >= 0.3 is 0 Å². The fourth-order valence-corrected chi connectivity index (χ4v) is 2.36. The SMILES string of the molecule is COc1ccc(N2CCN(C(C)CN)CC2)cc1. The van der Waals surface area contributed by atoms with Crippen molar-refractivity contribution < 1.29 is 4.74 Å². The van der Waals surface area contributed by atoms with Gasteiger partial charge in [0.15, 0.2) is 0 Å². The lowest BCUT2D eigenvalue weighted by molar-refractivity contribution is 0.201. The number of anilines is 1. The highest BCUT2D eigenvalue weighted by Gasteiger charge is 2.20. The van der Waals surface area contributed by atoms with E-state index in [4.69, 9.17) is 10.5 Å². The minimum atomic E-state index is 0.489. The number of ether oxygens (including phenoxy) is 1. The van der Waals surface area contributed by atoms with Crippen molar-refractivity contribution in [2.24, 2.45) is 5.73 Å². The second-order valence-electron chi connectivity index (χ2n) is 4.81. The van der Waals surface area contributed by atoms with Crippen LogP contribution in [-0.2, 0) is 0 Å². The van der Waals surface area contributed by atoms with Gasteiger partial charge in [0.1, 0.15) is 5.75 Å². The molecule has 4 nitrogen and oxygen atoms in total. The summed E-state index contributed by atoms with van der Waals surface area (Å²) in [7, 11) is 1.70. The minimum Gasteiger partial charge on any atom is -0.497 e. The van der Waals surface area contributed by atoms with Crippen LogP contribution >= 0.6 is 0 Å². The predicted molar refractivity (Wildman–Crippen MR) is 75.3 cm³/mol. The van der Waals surface area contributed by atoms with Crippen LogP contribution in [0.3, 0.4) is 0 Å². The summed E-state index contributed by atoms with van der Waals surface area (Å²) in [6, 6.07) is 8.78. The molecule has 1 aromatic rings. The van der Waals surface area contributed by atoms with Crippen molar-refractivity contribution in [3.8, 4) is 5.75 Å². The predicted octanol–water partition coefficient (Wildman–Crippen LogP) is 1.16. The maximum atomic E-state index is 5.71. The third-order valence-corrected chi connectivity index (χ3v) is 3.72. The summed E-state index contributed by atoms with van der Waals surface area (Å²) in [5.41, 5.74) is 6.99. The van der Waals surface area contributed by atoms with E-state index < -0.39 is 0 Å². The number of hydrogen-bond donors (Lipinski definition) is 1. The first-order valence-electron chi connectivity index (χ1n) is 6.57. The molecule has 1 aliphatic rings. The molecule has 1 aromatic carbocycles. The molecule has 0 aromatic heterocycles. The zero-order valence-electron chi connectivity index (χ0n) is 11.3. The number of benzene rings is 1. The summed E-state index contributed by atoms with van der Waals surface area (Å²) >= 11 is 0. The van der Waals surface area contributed by atoms with Crippen LogP contribution in [0, 0.1) is 0 Å². The highest BCUT2D eigenvalue weighted by Crippen LogP contribution is 2.20. The van der Waals surface area contributed by atoms with Gasteiger partial charge in [-0.1, -0.05) is 0 Å². The average molecular weight is 249 g/mol. The van der Waals surface area contributed by atoms with Crippen molar-refractivity contribution in [1.82, 2.24) is 4.90 Å². The normalized spacial score (nSPS) is 18.7. The summed E-state index contributed by atoms with van der Waals surface area (Å²) in [4.78, 5) is 4.87. The molecule has 1 heterocycles. The van der Waals surface area contributed by atoms with Crippen LogP contribution < -0.4 is 15.4 Å². The second-order valence-corrected chi connectivity index (χ2v) is 4.81. The first kappa shape index (κ1) is 13.2. The van der Waals surface area contributed by atoms with Crippen molar-refractivity contribution in [3.63, 3.8) is 0 Å². The summed E-state index contributed by atoms with van der Waals surface area (Å²) in [5, 5.41) is 0. The van der Waals surface area contributed by atoms with Crippen LogP contribution in [0.2, 0.25) is 0 Å². The van der Waals surface area contributed by atoms with Gasteiger partial charge in [0.2, 0.25) is 0 Å². The Labute approximate surface area is 109 Å². The van der Waals surface area contributed by atoms with Gasteiger partial charge in [-0.2, -0.15) is 0 Å². The standard InChI is InChI=1S/C14H23N3O/c1-12(11-15)16-7-9-17(10-8-16)13-3-5-14(18-2)6-4-13/h3-6,12H,7-11,15H2,1-2H3. The number of nitrogens with zero attached hydrogens (tertiary/aromatic N) is 2. The third kappa shape index (κ3) is 2.94. The average Bonchev–Trinajstić information content (AvgIpc) is 2.47. The van der Waals surface area contributed by atoms with Gasteiger partial charge < -0.3 is 15.4 Å². The molecule has 1 atom stereocenters. The van der Waals surface area contributed by atoms with Crippen LogP contribution in [0.1, 0.15) is 6.92 Å². The van der Waals surface area contributed by atoms with Crippen molar-refractivity contribution in [1.29, 1.82) is 0 Å². The molecule has 1 saturated heterocycles. The van der Waals surface area contributed by atoms with Crippen molar-refractivity contribution in [2.75, 3.05) is 44.7 Å². The van der Waals surface area contributed by atoms with Crippen LogP contribution in [0.5, 0.6) is 5.75 Å². The van der Waals surface area contributed by atoms with Crippen LogP contribution in [0.15, 0.2) is 24.3 Å². The van der Waals surface area contributed by atoms with Gasteiger partial charge in [0.25, 0.3) is 0 Å². The molecule has 0 saturated carbocycles. The Balaban J connectivity index is 1.92. The monoisotopic (exact) mass is 249 g/mol. The van der Waals surface area contributed by atoms with Gasteiger partial charge in [-0.25, -0.2) is 0 Å². The van der Waals surface area contributed by atoms with E-state index in [1.54, 1.807) is 7.11 Å². The van der Waals surface area contributed by atoms with Crippen LogP contribution in [0.4, 0.5) is 5.69 Å². The maximum Gasteiger partial charge on any atom is 0.119 e. The van der Waals surface area contributed by atoms with E-state index >= 15 is 0 Å². The lowest BCUT2D eigenvalue weighted by Gasteiger charge is -2.38. The van der Waals surface area contributed by atoms with E-state index in [0.717, 1.165) is 38.5 Å². The molecular weight excluding hydrogens is 226 g/mol. The smallest absolute Gasteiger partial charge is 0.119 e. The molecule has 0 spiro atoms. The van der Waals surface area contributed by atoms with E-state index in [-0.39, 0.29) is 0 Å². The molecule has 0 bridgehead atoms. The molecule has 100 valence electrons. The second kappa shape index (κ2) is 6.07. The quantitative estimate of drug-likeness (QED) is 0.869. The summed E-state index contributed by atoms with van der Waals surface area (Å²) in [6.45, 7) is 7.24. The fourth-order valence-electron chi connectivity index (χ4n) is 2.36. The summed E-state index contributed by atoms with van der Waals surface area (Å²) < 4.78 is 5.18. The van der Waals surface area contributed by atoms with E-state index in [1.807, 2.05) is 12.1 Å². The topological polar surface area (TPSA) is 41.7 Å². The van der Waals surface area contributed by atoms with Crippen LogP contribution in [-0.4, -0.2) is 50.8 Å². The number of rotatable bonds is 4. The third-order valence-electron chi connectivity index (χ3n) is 3.72. The number of hydrogen-bond acceptors (Lipinski definition) is 4. The van der Waals surface area contributed by atoms with Gasteiger partial charge in [-0.15, -0.1) is 0 Å². The van der Waals surface area contributed by atoms with Crippen molar-refractivity contribution >= 4 is 5.69 Å². The first-order valence-corrected chi connectivity index (χ1v) is 6.57. The fraction of sp³-hybridized carbons (Fsp3) is 0.571. The highest BCUT2D eigenvalue weighted by molar-refractivity contribution is 5.49. The Bertz CT molecular complexity index is 358. The zero-order valence-corrected chi connectivity index (χ0v) is 11.3. The largest absolute Gasteiger partial charge is 0.497 e. The summed E-state index contributed by atoms with van der Waals surface area (Å²) in [5.74, 6) is 0.911. The lowest BCUT2D eigenvalue weighted by Crippen LogP contribution is -2.51. The minimum absolute atomic E-state index is 0.489. The van der Waals surface area contributed by atoms with E-state index in [1.165, 1.54) is 5.69 Å². The number of nitrogens with two attached hydrogens (primary N) is 1. The Morgan fingerprint density at radius 2 is 1.78 bits per heavy atom. The molecule has 1 unspecified atom stereocenters. The lowest BCUT2D eigenvalue weighted by atomic mass is 10.2. The maximum absolute atomic E-state index is 5.71. The molecular formula is C14H23N3O. The molecule has 0 radical (unpaired) electrons. The van der Waals surface area contributed by atoms with Crippen LogP contribution in [0.25, 0.3) is 0 Å². The molecule has 4 heteroatoms. The Morgan fingerprint density at radius 3 is 2.28 bits per heavy atom. The van der Waals surface area contributed by atoms with E-state index in [9.17, 15) is 0 Å². The first-order chi connectivity index (χ1) is 8.74. The molecule has 1 fully saturated rings. The highest BCUT2D eigenvalue weighted by atomic mass is 16.5. The van der Waals surface area contributed by atoms with Crippen molar-refractivity contribution in [2.45, 2.75) is 13.0 Å². The molecule has 0 amide bonds. The van der Waals surface area contributed by atoms with Gasteiger partial charge in [0.05, 0.1) is 7.11 Å². The molecule has 2 N–H and O–H groups in total. The van der Waals surface area contributed by atoms with Crippen molar-refractivity contribution in [3.05, 3.63) is 24.3 Å². The molecule has 2 rings (SSSR count). The van der Waals surface area contributed by atoms with E-state index in [2.05, 4.69) is 28.9 Å². The molecule has 0 aliphatic carbocycles. The van der Waals surface area contributed by atoms with E-state index in [0.29, 0.717) is 6.04 Å².